The molecule has 0 bridgehead atoms. The maximum absolute atomic E-state index is 4.28. The quantitative estimate of drug-likeness (QED) is 0.296. The molecule has 0 aliphatic rings. The van der Waals surface area contributed by atoms with Crippen LogP contribution >= 0.6 is 0 Å². The number of pyridine rings is 1. The number of nitrogens with one attached hydrogen (secondary N) is 2. The minimum absolute atomic E-state index is 0.893. The van der Waals surface area contributed by atoms with E-state index in [4.69, 9.17) is 0 Å². The second-order valence-corrected chi connectivity index (χ2v) is 5.55. The summed E-state index contributed by atoms with van der Waals surface area (Å²) in [5.41, 5.74) is 3.61. The Hall–Kier alpha value is -2.80. The Bertz CT molecular complexity index is 598. The van der Waals surface area contributed by atoms with Crippen LogP contribution in [0, 0.1) is 12.8 Å². The summed E-state index contributed by atoms with van der Waals surface area (Å²) >= 11 is 0. The average Bonchev–Trinajstić information content (AvgIpc) is 2.76. The van der Waals surface area contributed by atoms with Crippen molar-refractivity contribution >= 4 is 11.4 Å². The Labute approximate surface area is 173 Å². The Morgan fingerprint density at radius 3 is 2.18 bits per heavy atom. The van der Waals surface area contributed by atoms with Crippen molar-refractivity contribution < 1.29 is 0 Å². The molecule has 0 aromatic carbocycles. The van der Waals surface area contributed by atoms with Crippen molar-refractivity contribution in [1.82, 2.24) is 15.6 Å². The zero-order valence-electron chi connectivity index (χ0n) is 18.2. The van der Waals surface area contributed by atoms with E-state index in [1.54, 1.807) is 13.2 Å². The summed E-state index contributed by atoms with van der Waals surface area (Å²) in [4.78, 5) is 8.48. The summed E-state index contributed by atoms with van der Waals surface area (Å²) in [5.74, 6) is 0. The molecule has 0 atom stereocenters. The second-order valence-electron chi connectivity index (χ2n) is 5.55. The number of hydrogen-bond donors (Lipinski definition) is 2. The Kier molecular flexibility index (Phi) is 20.1. The topological polar surface area (TPSA) is 49.3 Å². The van der Waals surface area contributed by atoms with Crippen LogP contribution in [-0.4, -0.2) is 30.8 Å². The first-order valence-corrected chi connectivity index (χ1v) is 9.89. The monoisotopic (exact) mass is 382 g/mol. The predicted octanol–water partition coefficient (Wildman–Crippen LogP) is 5.23. The molecule has 4 nitrogen and oxygen atoms in total. The lowest BCUT2D eigenvalue weighted by molar-refractivity contribution is 0.613. The van der Waals surface area contributed by atoms with E-state index < -0.39 is 0 Å². The molecular weight excluding hydrogens is 344 g/mol. The fourth-order valence-corrected chi connectivity index (χ4v) is 2.27. The number of aliphatic imine (C=N–C) groups is 1. The molecule has 0 amide bonds. The van der Waals surface area contributed by atoms with Gasteiger partial charge >= 0.3 is 0 Å². The molecule has 0 aliphatic carbocycles. The van der Waals surface area contributed by atoms with E-state index in [1.807, 2.05) is 51.1 Å². The average molecular weight is 383 g/mol. The van der Waals surface area contributed by atoms with Crippen LogP contribution in [0.15, 0.2) is 60.4 Å². The molecule has 0 radical (unpaired) electrons. The molecule has 0 saturated heterocycles. The maximum Gasteiger partial charge on any atom is 0.0854 e. The minimum Gasteiger partial charge on any atom is -0.384 e. The summed E-state index contributed by atoms with van der Waals surface area (Å²) < 4.78 is 0. The lowest BCUT2D eigenvalue weighted by Crippen LogP contribution is -2.19. The third kappa shape index (κ3) is 13.4. The van der Waals surface area contributed by atoms with Gasteiger partial charge in [0, 0.05) is 26.3 Å². The number of aromatic nitrogens is 1. The highest BCUT2D eigenvalue weighted by Crippen LogP contribution is 2.05. The fraction of sp³-hybridized carbons (Fsp3) is 0.417. The van der Waals surface area contributed by atoms with Gasteiger partial charge in [-0.05, 0) is 38.0 Å². The fourth-order valence-electron chi connectivity index (χ4n) is 2.27. The molecule has 0 saturated carbocycles. The van der Waals surface area contributed by atoms with Gasteiger partial charge in [0.2, 0.25) is 0 Å². The number of nitrogens with zero attached hydrogens (tertiary/aromatic N) is 2. The number of allylic oxidation sites excluding steroid dienone is 2. The van der Waals surface area contributed by atoms with Crippen molar-refractivity contribution in [2.75, 3.05) is 20.1 Å². The Balaban J connectivity index is 0. The van der Waals surface area contributed by atoms with Crippen LogP contribution in [0.4, 0.5) is 0 Å². The van der Waals surface area contributed by atoms with Gasteiger partial charge < -0.3 is 10.6 Å². The first-order valence-electron chi connectivity index (χ1n) is 9.89. The van der Waals surface area contributed by atoms with Crippen LogP contribution in [0.25, 0.3) is 5.70 Å². The third-order valence-electron chi connectivity index (χ3n) is 3.63. The van der Waals surface area contributed by atoms with Gasteiger partial charge in [-0.1, -0.05) is 52.0 Å². The first-order chi connectivity index (χ1) is 13.7. The molecule has 0 fully saturated rings. The normalized spacial score (nSPS) is 10.1. The number of rotatable bonds is 12. The summed E-state index contributed by atoms with van der Waals surface area (Å²) in [7, 11) is 1.79. The zero-order chi connectivity index (χ0) is 21.6. The summed E-state index contributed by atoms with van der Waals surface area (Å²) in [6.07, 6.45) is 18.4. The Morgan fingerprint density at radius 2 is 1.68 bits per heavy atom. The van der Waals surface area contributed by atoms with Crippen LogP contribution in [0.5, 0.6) is 0 Å². The largest absolute Gasteiger partial charge is 0.384 e. The smallest absolute Gasteiger partial charge is 0.0854 e. The molecule has 0 aliphatic heterocycles. The van der Waals surface area contributed by atoms with E-state index in [0.29, 0.717) is 0 Å². The van der Waals surface area contributed by atoms with Crippen molar-refractivity contribution in [1.29, 1.82) is 0 Å². The molecule has 0 spiro atoms. The van der Waals surface area contributed by atoms with E-state index in [2.05, 4.69) is 46.6 Å². The van der Waals surface area contributed by atoms with Gasteiger partial charge in [0.1, 0.15) is 0 Å². The lowest BCUT2D eigenvalue weighted by atomic mass is 10.2. The lowest BCUT2D eigenvalue weighted by Gasteiger charge is -2.10. The van der Waals surface area contributed by atoms with E-state index in [0.717, 1.165) is 48.7 Å². The van der Waals surface area contributed by atoms with Gasteiger partial charge in [0.05, 0.1) is 22.8 Å². The van der Waals surface area contributed by atoms with Crippen molar-refractivity contribution in [2.24, 2.45) is 4.99 Å². The summed E-state index contributed by atoms with van der Waals surface area (Å²) in [5, 5.41) is 6.67. The van der Waals surface area contributed by atoms with Crippen LogP contribution < -0.4 is 10.6 Å². The van der Waals surface area contributed by atoms with Gasteiger partial charge in [-0.25, -0.2) is 0 Å². The van der Waals surface area contributed by atoms with Gasteiger partial charge in [-0.15, -0.1) is 12.8 Å². The van der Waals surface area contributed by atoms with Crippen LogP contribution in [0.3, 0.4) is 0 Å². The van der Waals surface area contributed by atoms with Crippen molar-refractivity contribution in [3.8, 4) is 12.8 Å². The highest BCUT2D eigenvalue weighted by Gasteiger charge is 2.00. The van der Waals surface area contributed by atoms with Gasteiger partial charge in [0.25, 0.3) is 0 Å². The number of terminal acetylenes is 1. The molecule has 154 valence electrons. The second kappa shape index (κ2) is 20.5. The standard InChI is InChI=1S/C20H30N4.C2H6.C2H2/c1-5-12-19(21-4)17(2)22-14-9-6-7-10-15-23-18(3)20-13-8-11-16-24-20;2*1-2/h5,8,11-13,16,22-23H,2-3,6-7,9-10,14-15H2,1,4H3;1-2H3;1-2H/b12-5-,21-19?;;. The summed E-state index contributed by atoms with van der Waals surface area (Å²) in [6.45, 7) is 15.9. The SMILES string of the molecule is C#C.C=C(NCCCCCCNC(=C)c1ccccn1)C(/C=C\C)=NC.CC. The van der Waals surface area contributed by atoms with Crippen molar-refractivity contribution in [3.05, 3.63) is 61.1 Å². The van der Waals surface area contributed by atoms with Crippen LogP contribution in [0.2, 0.25) is 0 Å². The van der Waals surface area contributed by atoms with Gasteiger partial charge in [0.15, 0.2) is 0 Å². The first kappa shape index (κ1) is 27.4. The highest BCUT2D eigenvalue weighted by molar-refractivity contribution is 6.07. The summed E-state index contributed by atoms with van der Waals surface area (Å²) in [6, 6.07) is 5.85. The molecule has 2 N–H and O–H groups in total. The molecule has 0 unspecified atom stereocenters. The number of hydrogen-bond acceptors (Lipinski definition) is 4. The highest BCUT2D eigenvalue weighted by atomic mass is 14.9. The minimum atomic E-state index is 0.893. The van der Waals surface area contributed by atoms with Crippen molar-refractivity contribution in [3.63, 3.8) is 0 Å². The molecule has 28 heavy (non-hydrogen) atoms. The molecule has 1 heterocycles. The van der Waals surface area contributed by atoms with Crippen LogP contribution in [0.1, 0.15) is 52.1 Å². The van der Waals surface area contributed by atoms with E-state index in [9.17, 15) is 0 Å². The van der Waals surface area contributed by atoms with Crippen LogP contribution in [-0.2, 0) is 0 Å². The Morgan fingerprint density at radius 1 is 1.07 bits per heavy atom. The maximum atomic E-state index is 4.28. The van der Waals surface area contributed by atoms with E-state index in [-0.39, 0.29) is 0 Å². The van der Waals surface area contributed by atoms with Crippen molar-refractivity contribution in [2.45, 2.75) is 46.5 Å². The molecular formula is C24H38N4. The molecule has 1 aromatic rings. The van der Waals surface area contributed by atoms with Gasteiger partial charge in [-0.3, -0.25) is 9.98 Å². The molecule has 1 aromatic heterocycles. The predicted molar refractivity (Wildman–Crippen MR) is 126 cm³/mol. The molecule has 4 heteroatoms. The third-order valence-corrected chi connectivity index (χ3v) is 3.63. The molecule has 1 rings (SSSR count). The number of unbranched alkanes of at least 4 members (excludes halogenated alkanes) is 3. The van der Waals surface area contributed by atoms with Gasteiger partial charge in [-0.2, -0.15) is 0 Å². The van der Waals surface area contributed by atoms with E-state index >= 15 is 0 Å². The van der Waals surface area contributed by atoms with E-state index in [1.165, 1.54) is 12.8 Å². The zero-order valence-corrected chi connectivity index (χ0v) is 18.2.